The van der Waals surface area contributed by atoms with Crippen LogP contribution in [0.3, 0.4) is 0 Å². The lowest BCUT2D eigenvalue weighted by Gasteiger charge is -2.33. The number of ether oxygens (including phenoxy) is 1. The zero-order valence-electron chi connectivity index (χ0n) is 13.3. The second-order valence-corrected chi connectivity index (χ2v) is 6.27. The fraction of sp³-hybridized carbons (Fsp3) is 0.706. The van der Waals surface area contributed by atoms with Crippen molar-refractivity contribution in [2.24, 2.45) is 11.8 Å². The van der Waals surface area contributed by atoms with Gasteiger partial charge in [0.05, 0.1) is 6.10 Å². The normalized spacial score (nSPS) is 28.6. The number of esters is 1. The summed E-state index contributed by atoms with van der Waals surface area (Å²) in [5, 5.41) is 10.5. The van der Waals surface area contributed by atoms with Crippen LogP contribution in [0.5, 0.6) is 0 Å². The number of carbonyl (C=O) groups excluding carboxylic acids is 1. The Morgan fingerprint density at radius 1 is 1.35 bits per heavy atom. The highest BCUT2D eigenvalue weighted by atomic mass is 16.5. The molecular weight excluding hydrogens is 252 g/mol. The van der Waals surface area contributed by atoms with Gasteiger partial charge in [0.25, 0.3) is 0 Å². The van der Waals surface area contributed by atoms with Crippen LogP contribution in [0.4, 0.5) is 0 Å². The first-order valence-corrected chi connectivity index (χ1v) is 7.49. The van der Waals surface area contributed by atoms with E-state index in [0.717, 1.165) is 12.8 Å². The zero-order chi connectivity index (χ0) is 15.3. The van der Waals surface area contributed by atoms with Crippen LogP contribution in [0.2, 0.25) is 0 Å². The lowest BCUT2D eigenvalue weighted by atomic mass is 9.81. The second kappa shape index (κ2) is 7.63. The summed E-state index contributed by atoms with van der Waals surface area (Å²) in [5.41, 5.74) is 2.42. The summed E-state index contributed by atoms with van der Waals surface area (Å²) in [4.78, 5) is 11.4. The molecule has 114 valence electrons. The molecule has 3 nitrogen and oxygen atoms in total. The monoisotopic (exact) mass is 280 g/mol. The average Bonchev–Trinajstić information content (AvgIpc) is 2.26. The summed E-state index contributed by atoms with van der Waals surface area (Å²) in [6, 6.07) is 0. The molecule has 0 saturated carbocycles. The van der Waals surface area contributed by atoms with Crippen molar-refractivity contribution in [1.29, 1.82) is 0 Å². The van der Waals surface area contributed by atoms with E-state index in [1.807, 2.05) is 13.0 Å². The molecule has 20 heavy (non-hydrogen) atoms. The summed E-state index contributed by atoms with van der Waals surface area (Å²) < 4.78 is 5.50. The van der Waals surface area contributed by atoms with E-state index >= 15 is 0 Å². The van der Waals surface area contributed by atoms with E-state index in [0.29, 0.717) is 6.42 Å². The Morgan fingerprint density at radius 3 is 2.55 bits per heavy atom. The van der Waals surface area contributed by atoms with Gasteiger partial charge in [-0.15, -0.1) is 0 Å². The first-order valence-electron chi connectivity index (χ1n) is 7.49. The molecule has 0 spiro atoms. The van der Waals surface area contributed by atoms with Crippen molar-refractivity contribution >= 4 is 5.97 Å². The summed E-state index contributed by atoms with van der Waals surface area (Å²) in [6.07, 6.45) is 5.95. The van der Waals surface area contributed by atoms with Crippen LogP contribution < -0.4 is 0 Å². The Hall–Kier alpha value is -1.09. The number of hydrogen-bond donors (Lipinski definition) is 1. The van der Waals surface area contributed by atoms with Crippen LogP contribution in [-0.2, 0) is 9.53 Å². The molecule has 0 aromatic carbocycles. The molecule has 3 atom stereocenters. The Bertz CT molecular complexity index is 393. The van der Waals surface area contributed by atoms with Gasteiger partial charge in [0.2, 0.25) is 0 Å². The van der Waals surface area contributed by atoms with E-state index in [1.165, 1.54) is 18.1 Å². The highest BCUT2D eigenvalue weighted by Crippen LogP contribution is 2.29. The van der Waals surface area contributed by atoms with Crippen molar-refractivity contribution < 1.29 is 14.6 Å². The molecule has 0 heterocycles. The van der Waals surface area contributed by atoms with E-state index < -0.39 is 6.10 Å². The van der Waals surface area contributed by atoms with Gasteiger partial charge in [-0.05, 0) is 32.6 Å². The van der Waals surface area contributed by atoms with Crippen LogP contribution in [0, 0.1) is 11.8 Å². The Morgan fingerprint density at radius 2 is 2.00 bits per heavy atom. The van der Waals surface area contributed by atoms with Gasteiger partial charge in [-0.25, -0.2) is 0 Å². The van der Waals surface area contributed by atoms with Gasteiger partial charge in [-0.2, -0.15) is 0 Å². The minimum atomic E-state index is -0.565. The quantitative estimate of drug-likeness (QED) is 0.620. The average molecular weight is 280 g/mol. The summed E-state index contributed by atoms with van der Waals surface area (Å²) in [6.45, 7) is 9.69. The van der Waals surface area contributed by atoms with Crippen molar-refractivity contribution in [1.82, 2.24) is 0 Å². The van der Waals surface area contributed by atoms with E-state index in [9.17, 15) is 9.90 Å². The molecule has 3 unspecified atom stereocenters. The smallest absolute Gasteiger partial charge is 0.302 e. The third kappa shape index (κ3) is 5.12. The Kier molecular flexibility index (Phi) is 6.47. The zero-order valence-corrected chi connectivity index (χ0v) is 13.3. The number of aliphatic hydroxyl groups excluding tert-OH is 1. The van der Waals surface area contributed by atoms with Crippen molar-refractivity contribution in [3.8, 4) is 0 Å². The molecule has 0 radical (unpaired) electrons. The fourth-order valence-corrected chi connectivity index (χ4v) is 2.95. The molecule has 0 saturated heterocycles. The highest BCUT2D eigenvalue weighted by molar-refractivity contribution is 5.66. The van der Waals surface area contributed by atoms with Gasteiger partial charge in [0.15, 0.2) is 0 Å². The maximum absolute atomic E-state index is 11.4. The van der Waals surface area contributed by atoms with Gasteiger partial charge in [0.1, 0.15) is 6.10 Å². The maximum Gasteiger partial charge on any atom is 0.302 e. The van der Waals surface area contributed by atoms with Crippen LogP contribution >= 0.6 is 0 Å². The van der Waals surface area contributed by atoms with Crippen molar-refractivity contribution in [2.75, 3.05) is 0 Å². The predicted molar refractivity (Wildman–Crippen MR) is 81.3 cm³/mol. The van der Waals surface area contributed by atoms with Gasteiger partial charge in [-0.3, -0.25) is 4.79 Å². The molecule has 1 N–H and O–H groups in total. The topological polar surface area (TPSA) is 46.5 Å². The van der Waals surface area contributed by atoms with E-state index in [2.05, 4.69) is 26.8 Å². The number of carbonyl (C=O) groups is 1. The van der Waals surface area contributed by atoms with E-state index in [-0.39, 0.29) is 23.9 Å². The third-order valence-electron chi connectivity index (χ3n) is 3.92. The standard InChI is InChI=1S/C17H28O3/c1-11(2)17-15(19)9-12(3)7-6-8-13(4)10-16(17)20-14(5)18/h8-9,11,15-17,19H,6-7,10H2,1-5H3. The summed E-state index contributed by atoms with van der Waals surface area (Å²) >= 11 is 0. The molecule has 0 fully saturated rings. The molecule has 0 aliphatic heterocycles. The first kappa shape index (κ1) is 17.0. The Balaban J connectivity index is 3.10. The van der Waals surface area contributed by atoms with Gasteiger partial charge in [0, 0.05) is 19.3 Å². The first-order chi connectivity index (χ1) is 9.31. The molecule has 1 aliphatic rings. The fourth-order valence-electron chi connectivity index (χ4n) is 2.95. The minimum absolute atomic E-state index is 0.0738. The van der Waals surface area contributed by atoms with E-state index in [1.54, 1.807) is 0 Å². The van der Waals surface area contributed by atoms with Crippen molar-refractivity contribution in [3.05, 3.63) is 23.3 Å². The lowest BCUT2D eigenvalue weighted by Crippen LogP contribution is -2.38. The van der Waals surface area contributed by atoms with Crippen LogP contribution in [0.1, 0.15) is 53.9 Å². The SMILES string of the molecule is CC(=O)OC1CC(C)=CCCC(C)=CC(O)C1C(C)C. The second-order valence-electron chi connectivity index (χ2n) is 6.27. The highest BCUT2D eigenvalue weighted by Gasteiger charge is 2.32. The molecule has 1 aliphatic carbocycles. The van der Waals surface area contributed by atoms with Crippen LogP contribution in [0.15, 0.2) is 23.3 Å². The number of aliphatic hydroxyl groups is 1. The van der Waals surface area contributed by atoms with Crippen LogP contribution in [-0.4, -0.2) is 23.3 Å². The van der Waals surface area contributed by atoms with Gasteiger partial charge >= 0.3 is 5.97 Å². The number of hydrogen-bond acceptors (Lipinski definition) is 3. The largest absolute Gasteiger partial charge is 0.462 e. The van der Waals surface area contributed by atoms with Crippen molar-refractivity contribution in [3.63, 3.8) is 0 Å². The maximum atomic E-state index is 11.4. The van der Waals surface area contributed by atoms with Gasteiger partial charge in [-0.1, -0.05) is 37.1 Å². The molecule has 0 bridgehead atoms. The van der Waals surface area contributed by atoms with E-state index in [4.69, 9.17) is 4.74 Å². The van der Waals surface area contributed by atoms with Crippen LogP contribution in [0.25, 0.3) is 0 Å². The third-order valence-corrected chi connectivity index (χ3v) is 3.92. The van der Waals surface area contributed by atoms with Crippen molar-refractivity contribution in [2.45, 2.75) is 66.1 Å². The molecule has 0 aromatic heterocycles. The predicted octanol–water partition coefficient (Wildman–Crippen LogP) is 3.63. The molecule has 0 amide bonds. The van der Waals surface area contributed by atoms with Gasteiger partial charge < -0.3 is 9.84 Å². The molecular formula is C17H28O3. The molecule has 1 rings (SSSR count). The Labute approximate surface area is 122 Å². The number of rotatable bonds is 2. The number of allylic oxidation sites excluding steroid dienone is 2. The molecule has 0 aromatic rings. The summed E-state index contributed by atoms with van der Waals surface area (Å²) in [7, 11) is 0. The summed E-state index contributed by atoms with van der Waals surface area (Å²) in [5.74, 6) is -0.112. The minimum Gasteiger partial charge on any atom is -0.462 e. The lowest BCUT2D eigenvalue weighted by molar-refractivity contribution is -0.152. The molecule has 3 heteroatoms.